The van der Waals surface area contributed by atoms with E-state index in [0.29, 0.717) is 11.1 Å². The first kappa shape index (κ1) is 15.0. The minimum Gasteiger partial charge on any atom is -0.507 e. The van der Waals surface area contributed by atoms with Gasteiger partial charge in [0.1, 0.15) is 23.1 Å². The van der Waals surface area contributed by atoms with E-state index in [0.717, 1.165) is 6.07 Å². The summed E-state index contributed by atoms with van der Waals surface area (Å²) < 4.78 is 26.3. The second kappa shape index (κ2) is 5.95. The molecule has 0 atom stereocenters. The molecule has 0 saturated heterocycles. The Morgan fingerprint density at radius 2 is 1.57 bits per heavy atom. The molecule has 0 radical (unpaired) electrons. The van der Waals surface area contributed by atoms with Gasteiger partial charge in [-0.15, -0.1) is 0 Å². The van der Waals surface area contributed by atoms with Gasteiger partial charge in [-0.2, -0.15) is 0 Å². The van der Waals surface area contributed by atoms with Crippen LogP contribution < -0.4 is 0 Å². The molecule has 21 heavy (non-hydrogen) atoms. The van der Waals surface area contributed by atoms with E-state index in [4.69, 9.17) is 0 Å². The van der Waals surface area contributed by atoms with Gasteiger partial charge in [0.2, 0.25) is 0 Å². The SMILES string of the molecule is CC(C)c1c(O)cc(C=Cc2ccc(F)cc2F)cc1O. The summed E-state index contributed by atoms with van der Waals surface area (Å²) in [5.74, 6) is -1.34. The standard InChI is InChI=1S/C17H16F2O2/c1-10(2)17-15(20)7-11(8-16(17)21)3-4-12-5-6-13(18)9-14(12)19/h3-10,20-21H,1-2H3. The summed E-state index contributed by atoms with van der Waals surface area (Å²) >= 11 is 0. The van der Waals surface area contributed by atoms with Crippen molar-refractivity contribution >= 4 is 12.2 Å². The normalized spacial score (nSPS) is 11.5. The Balaban J connectivity index is 2.33. The zero-order chi connectivity index (χ0) is 15.6. The molecule has 0 aromatic heterocycles. The van der Waals surface area contributed by atoms with Crippen LogP contribution >= 0.6 is 0 Å². The van der Waals surface area contributed by atoms with E-state index in [1.807, 2.05) is 13.8 Å². The Bertz CT molecular complexity index is 668. The molecule has 0 bridgehead atoms. The summed E-state index contributed by atoms with van der Waals surface area (Å²) in [7, 11) is 0. The first-order chi connectivity index (χ1) is 9.88. The summed E-state index contributed by atoms with van der Waals surface area (Å²) in [4.78, 5) is 0. The summed E-state index contributed by atoms with van der Waals surface area (Å²) in [5.41, 5.74) is 1.22. The van der Waals surface area contributed by atoms with E-state index in [1.54, 1.807) is 6.08 Å². The number of hydrogen-bond acceptors (Lipinski definition) is 2. The van der Waals surface area contributed by atoms with Crippen molar-refractivity contribution < 1.29 is 19.0 Å². The Morgan fingerprint density at radius 3 is 2.10 bits per heavy atom. The lowest BCUT2D eigenvalue weighted by Crippen LogP contribution is -1.90. The fraction of sp³-hybridized carbons (Fsp3) is 0.176. The number of hydrogen-bond donors (Lipinski definition) is 2. The molecule has 2 rings (SSSR count). The van der Waals surface area contributed by atoms with Crippen LogP contribution in [0.25, 0.3) is 12.2 Å². The molecule has 0 unspecified atom stereocenters. The maximum absolute atomic E-state index is 13.5. The Hall–Kier alpha value is -2.36. The molecule has 110 valence electrons. The van der Waals surface area contributed by atoms with Gasteiger partial charge in [-0.05, 0) is 35.7 Å². The molecule has 0 amide bonds. The molecular formula is C17H16F2O2. The van der Waals surface area contributed by atoms with E-state index in [2.05, 4.69) is 0 Å². The van der Waals surface area contributed by atoms with Crippen LogP contribution in [0.1, 0.15) is 36.5 Å². The summed E-state index contributed by atoms with van der Waals surface area (Å²) in [5, 5.41) is 19.8. The second-order valence-electron chi connectivity index (χ2n) is 5.13. The lowest BCUT2D eigenvalue weighted by Gasteiger charge is -2.11. The van der Waals surface area contributed by atoms with E-state index < -0.39 is 11.6 Å². The summed E-state index contributed by atoms with van der Waals surface area (Å²) in [6.45, 7) is 3.72. The van der Waals surface area contributed by atoms with Crippen LogP contribution in [-0.2, 0) is 0 Å². The fourth-order valence-electron chi connectivity index (χ4n) is 2.15. The highest BCUT2D eigenvalue weighted by molar-refractivity contribution is 5.72. The number of phenolic OH excluding ortho intramolecular Hbond substituents is 2. The zero-order valence-electron chi connectivity index (χ0n) is 11.8. The first-order valence-corrected chi connectivity index (χ1v) is 6.57. The highest BCUT2D eigenvalue weighted by Gasteiger charge is 2.12. The van der Waals surface area contributed by atoms with Crippen molar-refractivity contribution in [3.8, 4) is 11.5 Å². The molecule has 2 nitrogen and oxygen atoms in total. The van der Waals surface area contributed by atoms with Crippen LogP contribution in [0.3, 0.4) is 0 Å². The molecule has 2 aromatic carbocycles. The van der Waals surface area contributed by atoms with Crippen molar-refractivity contribution in [3.05, 3.63) is 58.7 Å². The van der Waals surface area contributed by atoms with Crippen molar-refractivity contribution in [2.45, 2.75) is 19.8 Å². The second-order valence-corrected chi connectivity index (χ2v) is 5.13. The van der Waals surface area contributed by atoms with Crippen LogP contribution in [0.4, 0.5) is 8.78 Å². The van der Waals surface area contributed by atoms with Gasteiger partial charge in [-0.25, -0.2) is 8.78 Å². The van der Waals surface area contributed by atoms with Crippen LogP contribution in [0.5, 0.6) is 11.5 Å². The van der Waals surface area contributed by atoms with Crippen LogP contribution in [0.15, 0.2) is 30.3 Å². The van der Waals surface area contributed by atoms with E-state index in [1.165, 1.54) is 30.3 Å². The average molecular weight is 290 g/mol. The Kier molecular flexibility index (Phi) is 4.26. The summed E-state index contributed by atoms with van der Waals surface area (Å²) in [6, 6.07) is 6.28. The third-order valence-electron chi connectivity index (χ3n) is 3.15. The number of benzene rings is 2. The monoisotopic (exact) mass is 290 g/mol. The van der Waals surface area contributed by atoms with E-state index in [9.17, 15) is 19.0 Å². The minimum absolute atomic E-state index is 0.00997. The average Bonchev–Trinajstić information content (AvgIpc) is 2.36. The van der Waals surface area contributed by atoms with Crippen molar-refractivity contribution in [2.24, 2.45) is 0 Å². The van der Waals surface area contributed by atoms with Gasteiger partial charge in [-0.3, -0.25) is 0 Å². The lowest BCUT2D eigenvalue weighted by molar-refractivity contribution is 0.433. The highest BCUT2D eigenvalue weighted by atomic mass is 19.1. The number of halogens is 2. The fourth-order valence-corrected chi connectivity index (χ4v) is 2.15. The van der Waals surface area contributed by atoms with Crippen LogP contribution in [-0.4, -0.2) is 10.2 Å². The third-order valence-corrected chi connectivity index (χ3v) is 3.15. The van der Waals surface area contributed by atoms with E-state index >= 15 is 0 Å². The van der Waals surface area contributed by atoms with Crippen molar-refractivity contribution in [2.75, 3.05) is 0 Å². The first-order valence-electron chi connectivity index (χ1n) is 6.57. The topological polar surface area (TPSA) is 40.5 Å². The summed E-state index contributed by atoms with van der Waals surface area (Å²) in [6.07, 6.45) is 3.00. The van der Waals surface area contributed by atoms with Gasteiger partial charge in [0.05, 0.1) is 0 Å². The quantitative estimate of drug-likeness (QED) is 0.806. The van der Waals surface area contributed by atoms with E-state index in [-0.39, 0.29) is 23.0 Å². The maximum Gasteiger partial charge on any atom is 0.133 e. The predicted molar refractivity (Wildman–Crippen MR) is 79.1 cm³/mol. The predicted octanol–water partition coefficient (Wildman–Crippen LogP) is 4.67. The highest BCUT2D eigenvalue weighted by Crippen LogP contribution is 2.35. The smallest absolute Gasteiger partial charge is 0.133 e. The van der Waals surface area contributed by atoms with Gasteiger partial charge < -0.3 is 10.2 Å². The van der Waals surface area contributed by atoms with Gasteiger partial charge in [0.15, 0.2) is 0 Å². The molecule has 2 aromatic rings. The van der Waals surface area contributed by atoms with Crippen molar-refractivity contribution in [3.63, 3.8) is 0 Å². The molecule has 2 N–H and O–H groups in total. The van der Waals surface area contributed by atoms with Crippen molar-refractivity contribution in [1.82, 2.24) is 0 Å². The van der Waals surface area contributed by atoms with Gasteiger partial charge >= 0.3 is 0 Å². The Labute approximate surface area is 122 Å². The Morgan fingerprint density at radius 1 is 0.952 bits per heavy atom. The molecule has 0 aliphatic heterocycles. The number of aromatic hydroxyl groups is 2. The number of rotatable bonds is 3. The van der Waals surface area contributed by atoms with Gasteiger partial charge in [0, 0.05) is 17.2 Å². The molecule has 0 heterocycles. The molecular weight excluding hydrogens is 274 g/mol. The molecule has 0 aliphatic rings. The largest absolute Gasteiger partial charge is 0.507 e. The van der Waals surface area contributed by atoms with Gasteiger partial charge in [-0.1, -0.05) is 26.0 Å². The lowest BCUT2D eigenvalue weighted by atomic mass is 9.98. The molecule has 0 spiro atoms. The molecule has 0 saturated carbocycles. The number of phenols is 2. The molecule has 0 fully saturated rings. The maximum atomic E-state index is 13.5. The van der Waals surface area contributed by atoms with Gasteiger partial charge in [0.25, 0.3) is 0 Å². The third kappa shape index (κ3) is 3.40. The van der Waals surface area contributed by atoms with Crippen LogP contribution in [0.2, 0.25) is 0 Å². The zero-order valence-corrected chi connectivity index (χ0v) is 11.8. The minimum atomic E-state index is -0.668. The molecule has 0 aliphatic carbocycles. The van der Waals surface area contributed by atoms with Crippen molar-refractivity contribution in [1.29, 1.82) is 0 Å². The van der Waals surface area contributed by atoms with Crippen LogP contribution in [0, 0.1) is 11.6 Å². The molecule has 4 heteroatoms.